The van der Waals surface area contributed by atoms with Crippen molar-refractivity contribution in [3.05, 3.63) is 46.6 Å². The highest BCUT2D eigenvalue weighted by atomic mass is 16.5. The molecule has 5 nitrogen and oxygen atoms in total. The van der Waals surface area contributed by atoms with Crippen molar-refractivity contribution in [2.75, 3.05) is 11.4 Å². The molecule has 0 radical (unpaired) electrons. The fraction of sp³-hybridized carbons (Fsp3) is 0.520. The Morgan fingerprint density at radius 2 is 1.83 bits per heavy atom. The topological polar surface area (TPSA) is 62.7 Å². The number of rotatable bonds is 5. The number of hydrogen-bond acceptors (Lipinski definition) is 4. The Morgan fingerprint density at radius 1 is 1.20 bits per heavy atom. The van der Waals surface area contributed by atoms with Crippen LogP contribution in [-0.4, -0.2) is 34.2 Å². The van der Waals surface area contributed by atoms with Crippen LogP contribution in [0.1, 0.15) is 74.9 Å². The first-order valence-electron chi connectivity index (χ1n) is 10.9. The Kier molecular flexibility index (Phi) is 5.13. The Bertz CT molecular complexity index is 971. The predicted molar refractivity (Wildman–Crippen MR) is 119 cm³/mol. The summed E-state index contributed by atoms with van der Waals surface area (Å²) >= 11 is 0. The minimum absolute atomic E-state index is 0.285. The maximum absolute atomic E-state index is 12.4. The van der Waals surface area contributed by atoms with Crippen molar-refractivity contribution < 1.29 is 14.6 Å². The van der Waals surface area contributed by atoms with Crippen molar-refractivity contribution in [3.63, 3.8) is 0 Å². The molecule has 0 spiro atoms. The van der Waals surface area contributed by atoms with Gasteiger partial charge in [-0.05, 0) is 58.6 Å². The van der Waals surface area contributed by atoms with E-state index < -0.39 is 17.7 Å². The van der Waals surface area contributed by atoms with Crippen LogP contribution in [0.25, 0.3) is 11.1 Å². The van der Waals surface area contributed by atoms with Gasteiger partial charge in [0, 0.05) is 35.3 Å². The summed E-state index contributed by atoms with van der Waals surface area (Å²) in [7, 11) is 0. The lowest BCUT2D eigenvalue weighted by Gasteiger charge is -2.29. The summed E-state index contributed by atoms with van der Waals surface area (Å²) in [5.74, 6) is 0.336. The van der Waals surface area contributed by atoms with Crippen LogP contribution in [-0.2, 0) is 9.53 Å². The number of ether oxygens (including phenoxy) is 1. The number of anilines is 1. The van der Waals surface area contributed by atoms with Crippen LogP contribution < -0.4 is 4.90 Å². The third kappa shape index (κ3) is 3.83. The van der Waals surface area contributed by atoms with Crippen LogP contribution in [0.3, 0.4) is 0 Å². The summed E-state index contributed by atoms with van der Waals surface area (Å²) < 4.78 is 6.08. The van der Waals surface area contributed by atoms with E-state index >= 15 is 0 Å². The van der Waals surface area contributed by atoms with E-state index in [1.807, 2.05) is 27.7 Å². The molecule has 4 rings (SSSR count). The number of aliphatic carboxylic acids is 1. The molecule has 1 aromatic carbocycles. The Labute approximate surface area is 179 Å². The predicted octanol–water partition coefficient (Wildman–Crippen LogP) is 5.39. The van der Waals surface area contributed by atoms with Crippen LogP contribution in [0.2, 0.25) is 0 Å². The molecular formula is C25H32N2O3. The van der Waals surface area contributed by atoms with Crippen molar-refractivity contribution >= 4 is 11.8 Å². The van der Waals surface area contributed by atoms with E-state index in [4.69, 9.17) is 9.72 Å². The van der Waals surface area contributed by atoms with Gasteiger partial charge in [0.2, 0.25) is 0 Å². The first-order valence-corrected chi connectivity index (χ1v) is 10.9. The number of hydrogen-bond donors (Lipinski definition) is 1. The standard InChI is InChI=1S/C25H32N2O3/c1-14-7-9-17(10-8-14)21-19-15(2)13-27(18-11-12-18)23(19)26-16(3)20(21)22(24(28)29)30-25(4,5)6/h7-10,15,18,22H,11-13H2,1-6H3,(H,28,29)/t15?,22-/m0/s1. The van der Waals surface area contributed by atoms with Gasteiger partial charge in [0.15, 0.2) is 6.10 Å². The molecule has 1 aromatic heterocycles. The number of pyridine rings is 1. The molecule has 1 aliphatic carbocycles. The minimum atomic E-state index is -1.07. The highest BCUT2D eigenvalue weighted by Crippen LogP contribution is 2.49. The quantitative estimate of drug-likeness (QED) is 0.718. The monoisotopic (exact) mass is 408 g/mol. The van der Waals surface area contributed by atoms with Gasteiger partial charge in [-0.25, -0.2) is 9.78 Å². The summed E-state index contributed by atoms with van der Waals surface area (Å²) in [6.07, 6.45) is 1.35. The zero-order valence-electron chi connectivity index (χ0n) is 18.8. The van der Waals surface area contributed by atoms with E-state index in [9.17, 15) is 9.90 Å². The van der Waals surface area contributed by atoms with Gasteiger partial charge < -0.3 is 14.7 Å². The second-order valence-electron chi connectivity index (χ2n) is 9.82. The molecule has 0 bridgehead atoms. The minimum Gasteiger partial charge on any atom is -0.479 e. The third-order valence-corrected chi connectivity index (χ3v) is 5.96. The van der Waals surface area contributed by atoms with E-state index in [-0.39, 0.29) is 5.92 Å². The zero-order valence-corrected chi connectivity index (χ0v) is 18.8. The molecule has 1 aliphatic heterocycles. The SMILES string of the molecule is Cc1ccc(-c2c3c(nc(C)c2[C@H](OC(C)(C)C)C(=O)O)N(C2CC2)CC3C)cc1. The number of fused-ring (bicyclic) bond motifs is 1. The molecule has 1 saturated carbocycles. The molecule has 5 heteroatoms. The van der Waals surface area contributed by atoms with Gasteiger partial charge >= 0.3 is 5.97 Å². The highest BCUT2D eigenvalue weighted by molar-refractivity contribution is 5.85. The second-order valence-corrected chi connectivity index (χ2v) is 9.82. The lowest BCUT2D eigenvalue weighted by atomic mass is 9.87. The van der Waals surface area contributed by atoms with Crippen molar-refractivity contribution in [2.45, 2.75) is 78.0 Å². The van der Waals surface area contributed by atoms with E-state index in [2.05, 4.69) is 43.0 Å². The van der Waals surface area contributed by atoms with Gasteiger partial charge in [-0.15, -0.1) is 0 Å². The van der Waals surface area contributed by atoms with Crippen molar-refractivity contribution in [1.29, 1.82) is 0 Å². The molecule has 2 heterocycles. The van der Waals surface area contributed by atoms with Crippen LogP contribution >= 0.6 is 0 Å². The largest absolute Gasteiger partial charge is 0.479 e. The van der Waals surface area contributed by atoms with Gasteiger partial charge in [-0.2, -0.15) is 0 Å². The maximum Gasteiger partial charge on any atom is 0.337 e. The fourth-order valence-electron chi connectivity index (χ4n) is 4.52. The molecule has 0 amide bonds. The van der Waals surface area contributed by atoms with Crippen LogP contribution in [0.5, 0.6) is 0 Å². The molecular weight excluding hydrogens is 376 g/mol. The van der Waals surface area contributed by atoms with Crippen LogP contribution in [0.4, 0.5) is 5.82 Å². The lowest BCUT2D eigenvalue weighted by molar-refractivity contribution is -0.160. The van der Waals surface area contributed by atoms with Gasteiger partial charge in [0.05, 0.1) is 5.60 Å². The number of carbonyl (C=O) groups is 1. The van der Waals surface area contributed by atoms with Gasteiger partial charge in [-0.3, -0.25) is 0 Å². The smallest absolute Gasteiger partial charge is 0.337 e. The molecule has 30 heavy (non-hydrogen) atoms. The number of nitrogens with zero attached hydrogens (tertiary/aromatic N) is 2. The molecule has 2 atom stereocenters. The van der Waals surface area contributed by atoms with E-state index in [0.29, 0.717) is 11.6 Å². The second kappa shape index (κ2) is 7.38. The Hall–Kier alpha value is -2.40. The van der Waals surface area contributed by atoms with Crippen LogP contribution in [0, 0.1) is 13.8 Å². The molecule has 1 unspecified atom stereocenters. The van der Waals surface area contributed by atoms with Gasteiger partial charge in [0.1, 0.15) is 5.82 Å². The molecule has 2 aromatic rings. The first kappa shape index (κ1) is 20.9. The summed E-state index contributed by atoms with van der Waals surface area (Å²) in [5.41, 5.74) is 5.19. The van der Waals surface area contributed by atoms with E-state index in [1.165, 1.54) is 18.4 Å². The van der Waals surface area contributed by atoms with Gasteiger partial charge in [-0.1, -0.05) is 36.8 Å². The number of aryl methyl sites for hydroxylation is 2. The number of carboxylic acid groups (broad SMARTS) is 1. The first-order chi connectivity index (χ1) is 14.1. The van der Waals surface area contributed by atoms with Gasteiger partial charge in [0.25, 0.3) is 0 Å². The van der Waals surface area contributed by atoms with Crippen molar-refractivity contribution in [3.8, 4) is 11.1 Å². The van der Waals surface area contributed by atoms with E-state index in [1.54, 1.807) is 0 Å². The molecule has 2 aliphatic rings. The third-order valence-electron chi connectivity index (χ3n) is 5.96. The summed E-state index contributed by atoms with van der Waals surface area (Å²) in [6.45, 7) is 12.8. The highest BCUT2D eigenvalue weighted by Gasteiger charge is 2.41. The normalized spacial score (nSPS) is 19.7. The molecule has 1 fully saturated rings. The van der Waals surface area contributed by atoms with Crippen molar-refractivity contribution in [2.24, 2.45) is 0 Å². The Balaban J connectivity index is 1.99. The summed E-state index contributed by atoms with van der Waals surface area (Å²) in [6, 6.07) is 8.92. The average Bonchev–Trinajstić information content (AvgIpc) is 3.43. The fourth-order valence-corrected chi connectivity index (χ4v) is 4.52. The number of benzene rings is 1. The maximum atomic E-state index is 12.4. The Morgan fingerprint density at radius 3 is 2.37 bits per heavy atom. The number of carboxylic acids is 1. The molecule has 0 saturated heterocycles. The van der Waals surface area contributed by atoms with Crippen molar-refractivity contribution in [1.82, 2.24) is 4.98 Å². The molecule has 160 valence electrons. The summed E-state index contributed by atoms with van der Waals surface area (Å²) in [5, 5.41) is 10.1. The van der Waals surface area contributed by atoms with Crippen LogP contribution in [0.15, 0.2) is 24.3 Å². The number of aromatic nitrogens is 1. The lowest BCUT2D eigenvalue weighted by Crippen LogP contribution is -2.29. The molecule has 1 N–H and O–H groups in total. The average molecular weight is 409 g/mol. The summed E-state index contributed by atoms with van der Waals surface area (Å²) in [4.78, 5) is 19.8. The van der Waals surface area contributed by atoms with E-state index in [0.717, 1.165) is 34.7 Å². The zero-order chi connectivity index (χ0) is 21.8.